The van der Waals surface area contributed by atoms with E-state index in [1.807, 2.05) is 6.92 Å². The Morgan fingerprint density at radius 1 is 0.789 bits per heavy atom. The van der Waals surface area contributed by atoms with Crippen molar-refractivity contribution < 1.29 is 74.2 Å². The number of carboxylic acids is 1. The highest BCUT2D eigenvalue weighted by Crippen LogP contribution is 2.76. The number of aliphatic hydroxyl groups excluding tert-OH is 7. The largest absolute Gasteiger partial charge is 0.479 e. The molecule has 0 aromatic heterocycles. The number of rotatable bonds is 7. The molecule has 4 saturated carbocycles. The number of fused-ring (bicyclic) bond motifs is 7. The Morgan fingerprint density at radius 3 is 2.09 bits per heavy atom. The topological polar surface area (TPSA) is 250 Å². The maximum Gasteiger partial charge on any atom is 0.335 e. The van der Waals surface area contributed by atoms with Gasteiger partial charge in [0.05, 0.1) is 23.5 Å². The summed E-state index contributed by atoms with van der Waals surface area (Å²) < 4.78 is 23.3. The summed E-state index contributed by atoms with van der Waals surface area (Å²) in [6, 6.07) is 0. The molecular formula is C42H64O15. The molecular weight excluding hydrogens is 744 g/mol. The summed E-state index contributed by atoms with van der Waals surface area (Å²) in [6.07, 6.45) is -7.39. The molecule has 322 valence electrons. The number of hydrogen-bond donors (Lipinski definition) is 8. The van der Waals surface area contributed by atoms with E-state index in [4.69, 9.17) is 18.9 Å². The van der Waals surface area contributed by atoms with E-state index in [-0.39, 0.29) is 39.4 Å². The molecule has 0 spiro atoms. The number of aliphatic hydroxyl groups is 7. The molecule has 7 aliphatic rings. The second-order valence-corrected chi connectivity index (χ2v) is 20.4. The zero-order valence-corrected chi connectivity index (χ0v) is 34.0. The zero-order chi connectivity index (χ0) is 41.8. The van der Waals surface area contributed by atoms with Gasteiger partial charge in [0.15, 0.2) is 12.4 Å². The lowest BCUT2D eigenvalue weighted by molar-refractivity contribution is -0.321. The molecule has 15 heteroatoms. The van der Waals surface area contributed by atoms with Gasteiger partial charge in [-0.2, -0.15) is 0 Å². The highest BCUT2D eigenvalue weighted by molar-refractivity contribution is 5.79. The van der Waals surface area contributed by atoms with Gasteiger partial charge in [-0.3, -0.25) is 4.79 Å². The van der Waals surface area contributed by atoms with Gasteiger partial charge in [-0.05, 0) is 104 Å². The minimum atomic E-state index is -1.86. The Labute approximate surface area is 333 Å². The molecule has 2 saturated heterocycles. The minimum absolute atomic E-state index is 0.0730. The Hall–Kier alpha value is -2.05. The van der Waals surface area contributed by atoms with Crippen molar-refractivity contribution in [3.63, 3.8) is 0 Å². The summed E-state index contributed by atoms with van der Waals surface area (Å²) in [5.41, 5.74) is -1.68. The van der Waals surface area contributed by atoms with E-state index in [0.717, 1.165) is 32.0 Å². The summed E-state index contributed by atoms with van der Waals surface area (Å²) >= 11 is 0. The van der Waals surface area contributed by atoms with Crippen molar-refractivity contribution in [1.82, 2.24) is 0 Å². The van der Waals surface area contributed by atoms with E-state index >= 15 is 0 Å². The van der Waals surface area contributed by atoms with E-state index in [0.29, 0.717) is 38.5 Å². The van der Waals surface area contributed by atoms with E-state index in [9.17, 15) is 55.2 Å². The Kier molecular flexibility index (Phi) is 11.0. The second-order valence-electron chi connectivity index (χ2n) is 20.4. The predicted octanol–water partition coefficient (Wildman–Crippen LogP) is 1.59. The average Bonchev–Trinajstić information content (AvgIpc) is 3.16. The first kappa shape index (κ1) is 43.1. The molecule has 19 atom stereocenters. The SMILES string of the molecule is CC1(C)CC[C@]2(C(=O)O[C@@H]3O[C@H](CO)[C@@H](O)[C@H](O)[C@H]3O)CC[C@]3(C)C(=CC[C@@H]4[C@@]5(C)CC[C@H](O[C@@H]6O[C@H](C(=O)O)[C@@H](O)[C@H](O)[C@H]6O)[C@@](C)(C=O)[C@@H]5CC[C@]43C)[C@@H]2C1. The average molecular weight is 809 g/mol. The zero-order valence-electron chi connectivity index (χ0n) is 34.0. The quantitative estimate of drug-likeness (QED) is 0.0788. The molecule has 6 fully saturated rings. The summed E-state index contributed by atoms with van der Waals surface area (Å²) in [6.45, 7) is 12.6. The third-order valence-corrected chi connectivity index (χ3v) is 17.1. The van der Waals surface area contributed by atoms with Crippen LogP contribution in [0.25, 0.3) is 0 Å². The Morgan fingerprint density at radius 2 is 1.44 bits per heavy atom. The van der Waals surface area contributed by atoms with E-state index in [2.05, 4.69) is 40.7 Å². The lowest BCUT2D eigenvalue weighted by atomic mass is 9.33. The summed E-state index contributed by atoms with van der Waals surface area (Å²) in [4.78, 5) is 39.6. The Balaban J connectivity index is 1.17. The van der Waals surface area contributed by atoms with Gasteiger partial charge >= 0.3 is 11.9 Å². The molecule has 15 nitrogen and oxygen atoms in total. The number of esters is 1. The van der Waals surface area contributed by atoms with Gasteiger partial charge < -0.3 is 64.6 Å². The van der Waals surface area contributed by atoms with Gasteiger partial charge in [-0.15, -0.1) is 0 Å². The highest BCUT2D eigenvalue weighted by Gasteiger charge is 2.70. The summed E-state index contributed by atoms with van der Waals surface area (Å²) in [5, 5.41) is 82.4. The molecule has 0 aromatic carbocycles. The van der Waals surface area contributed by atoms with Crippen LogP contribution in [0.1, 0.15) is 106 Å². The molecule has 57 heavy (non-hydrogen) atoms. The maximum atomic E-state index is 14.6. The first-order valence-electron chi connectivity index (χ1n) is 20.8. The van der Waals surface area contributed by atoms with Crippen LogP contribution in [0.4, 0.5) is 0 Å². The lowest BCUT2D eigenvalue weighted by Crippen LogP contribution is -2.67. The molecule has 7 rings (SSSR count). The standard InChI is InChI=1S/C42H64O15/c1-37(2)13-15-42(36(53)57-34-30(49)27(46)26(45)22(18-43)54-34)16-14-40(5)20(21(42)17-37)7-8-24-38(3)11-10-25(39(4,19-44)23(38)9-12-41(24,40)6)55-35-31(50)28(47)29(48)32(56-35)33(51)52/h7,19,21-32,34-35,43,45-50H,8-18H2,1-6H3,(H,51,52)/t21-,22+,23+,24+,25-,26+,27-,28-,29-,30+,31+,32-,34-,35+,38-,39-,40+,41+,42-/m0/s1. The fourth-order valence-corrected chi connectivity index (χ4v) is 13.4. The second kappa shape index (κ2) is 14.6. The molecule has 0 unspecified atom stereocenters. The van der Waals surface area contributed by atoms with Crippen LogP contribution in [0.5, 0.6) is 0 Å². The maximum absolute atomic E-state index is 14.6. The van der Waals surface area contributed by atoms with E-state index in [1.54, 1.807) is 0 Å². The number of aliphatic carboxylic acids is 1. The van der Waals surface area contributed by atoms with Crippen LogP contribution in [0.3, 0.4) is 0 Å². The van der Waals surface area contributed by atoms with Gasteiger partial charge in [0.1, 0.15) is 49.0 Å². The van der Waals surface area contributed by atoms with Crippen molar-refractivity contribution >= 4 is 18.2 Å². The van der Waals surface area contributed by atoms with Crippen LogP contribution in [0, 0.1) is 50.2 Å². The van der Waals surface area contributed by atoms with Crippen molar-refractivity contribution in [3.8, 4) is 0 Å². The van der Waals surface area contributed by atoms with E-state index < -0.39 is 96.9 Å². The molecule has 2 heterocycles. The smallest absolute Gasteiger partial charge is 0.335 e. The van der Waals surface area contributed by atoms with Crippen LogP contribution in [0.15, 0.2) is 11.6 Å². The number of carbonyl (C=O) groups excluding carboxylic acids is 2. The minimum Gasteiger partial charge on any atom is -0.479 e. The first-order chi connectivity index (χ1) is 26.5. The van der Waals surface area contributed by atoms with Crippen molar-refractivity contribution in [1.29, 1.82) is 0 Å². The fourth-order valence-electron chi connectivity index (χ4n) is 13.4. The normalized spacial score (nSPS) is 53.2. The summed E-state index contributed by atoms with van der Waals surface area (Å²) in [7, 11) is 0. The molecule has 8 N–H and O–H groups in total. The van der Waals surface area contributed by atoms with Crippen molar-refractivity contribution in [2.75, 3.05) is 6.61 Å². The van der Waals surface area contributed by atoms with Gasteiger partial charge in [-0.25, -0.2) is 4.79 Å². The fraction of sp³-hybridized carbons (Fsp3) is 0.881. The van der Waals surface area contributed by atoms with Crippen molar-refractivity contribution in [2.45, 2.75) is 173 Å². The van der Waals surface area contributed by atoms with Gasteiger partial charge in [0.2, 0.25) is 6.29 Å². The first-order valence-corrected chi connectivity index (χ1v) is 20.8. The van der Waals surface area contributed by atoms with Crippen LogP contribution in [-0.2, 0) is 33.3 Å². The lowest BCUT2D eigenvalue weighted by Gasteiger charge is -2.71. The van der Waals surface area contributed by atoms with Gasteiger partial charge in [0, 0.05) is 0 Å². The molecule has 0 radical (unpaired) electrons. The Bertz CT molecular complexity index is 1620. The van der Waals surface area contributed by atoms with Crippen LogP contribution in [0.2, 0.25) is 0 Å². The third kappa shape index (κ3) is 6.31. The molecule has 2 aliphatic heterocycles. The monoisotopic (exact) mass is 808 g/mol. The summed E-state index contributed by atoms with van der Waals surface area (Å²) in [5.74, 6) is -2.19. The van der Waals surface area contributed by atoms with Crippen LogP contribution in [-0.4, -0.2) is 133 Å². The molecule has 5 aliphatic carbocycles. The third-order valence-electron chi connectivity index (χ3n) is 17.1. The predicted molar refractivity (Wildman–Crippen MR) is 198 cm³/mol. The molecule has 0 bridgehead atoms. The number of allylic oxidation sites excluding steroid dienone is 2. The van der Waals surface area contributed by atoms with Crippen LogP contribution >= 0.6 is 0 Å². The molecule has 0 aromatic rings. The number of ether oxygens (including phenoxy) is 4. The van der Waals surface area contributed by atoms with Crippen LogP contribution < -0.4 is 0 Å². The number of carbonyl (C=O) groups is 3. The van der Waals surface area contributed by atoms with Gasteiger partial charge in [0.25, 0.3) is 0 Å². The van der Waals surface area contributed by atoms with Crippen molar-refractivity contribution in [2.24, 2.45) is 50.2 Å². The highest BCUT2D eigenvalue weighted by atomic mass is 16.7. The number of aldehydes is 1. The molecule has 0 amide bonds. The van der Waals surface area contributed by atoms with Gasteiger partial charge in [-0.1, -0.05) is 53.2 Å². The number of hydrogen-bond acceptors (Lipinski definition) is 14. The van der Waals surface area contributed by atoms with Crippen molar-refractivity contribution in [3.05, 3.63) is 11.6 Å². The van der Waals surface area contributed by atoms with E-state index in [1.165, 1.54) is 5.57 Å². The number of carboxylic acid groups (broad SMARTS) is 1.